The van der Waals surface area contributed by atoms with Gasteiger partial charge in [0.05, 0.1) is 11.3 Å². The number of nitrogens with zero attached hydrogens (tertiary/aromatic N) is 3. The van der Waals surface area contributed by atoms with E-state index in [-0.39, 0.29) is 0 Å². The number of hydrogen-bond acceptors (Lipinski definition) is 4. The molecular weight excluding hydrogens is 242 g/mol. The lowest BCUT2D eigenvalue weighted by molar-refractivity contribution is 0.112. The summed E-state index contributed by atoms with van der Waals surface area (Å²) in [6.45, 7) is 1.85. The zero-order valence-corrected chi connectivity index (χ0v) is 10.3. The van der Waals surface area contributed by atoms with E-state index in [2.05, 4.69) is 10.1 Å². The van der Waals surface area contributed by atoms with E-state index in [0.29, 0.717) is 17.0 Å². The molecule has 3 aromatic rings. The van der Waals surface area contributed by atoms with E-state index in [1.54, 1.807) is 23.3 Å². The average Bonchev–Trinajstić information content (AvgIpc) is 3.05. The number of aryl methyl sites for hydroxylation is 1. The Hall–Kier alpha value is -2.69. The maximum Gasteiger partial charge on any atom is 0.155 e. The van der Waals surface area contributed by atoms with Gasteiger partial charge in [-0.1, -0.05) is 0 Å². The van der Waals surface area contributed by atoms with Crippen molar-refractivity contribution in [3.63, 3.8) is 0 Å². The minimum atomic E-state index is 0.492. The second-order valence-corrected chi connectivity index (χ2v) is 4.11. The van der Waals surface area contributed by atoms with Gasteiger partial charge in [-0.25, -0.2) is 4.68 Å². The van der Waals surface area contributed by atoms with Crippen LogP contribution < -0.4 is 0 Å². The molecule has 19 heavy (non-hydrogen) atoms. The van der Waals surface area contributed by atoms with Gasteiger partial charge in [-0.05, 0) is 31.2 Å². The zero-order valence-electron chi connectivity index (χ0n) is 10.3. The first kappa shape index (κ1) is 11.4. The van der Waals surface area contributed by atoms with Crippen molar-refractivity contribution < 1.29 is 9.21 Å². The third-order valence-corrected chi connectivity index (χ3v) is 2.77. The summed E-state index contributed by atoms with van der Waals surface area (Å²) < 4.78 is 7.15. The Kier molecular flexibility index (Phi) is 2.72. The van der Waals surface area contributed by atoms with Crippen LogP contribution in [-0.2, 0) is 0 Å². The summed E-state index contributed by atoms with van der Waals surface area (Å²) >= 11 is 0. The second-order valence-electron chi connectivity index (χ2n) is 4.11. The smallest absolute Gasteiger partial charge is 0.155 e. The van der Waals surface area contributed by atoms with Gasteiger partial charge in [0, 0.05) is 18.6 Å². The highest BCUT2D eigenvalue weighted by molar-refractivity contribution is 5.84. The molecule has 0 aliphatic rings. The fourth-order valence-corrected chi connectivity index (χ4v) is 1.86. The molecule has 5 nitrogen and oxygen atoms in total. The number of furan rings is 1. The lowest BCUT2D eigenvalue weighted by Crippen LogP contribution is -1.94. The highest BCUT2D eigenvalue weighted by Gasteiger charge is 2.14. The van der Waals surface area contributed by atoms with Gasteiger partial charge in [-0.15, -0.1) is 0 Å². The van der Waals surface area contributed by atoms with Crippen molar-refractivity contribution in [3.05, 3.63) is 54.2 Å². The quantitative estimate of drug-likeness (QED) is 0.673. The van der Waals surface area contributed by atoms with Gasteiger partial charge in [0.1, 0.15) is 11.5 Å². The van der Waals surface area contributed by atoms with Crippen molar-refractivity contribution in [2.75, 3.05) is 0 Å². The largest absolute Gasteiger partial charge is 0.460 e. The second kappa shape index (κ2) is 4.53. The first-order chi connectivity index (χ1) is 9.28. The number of rotatable bonds is 3. The summed E-state index contributed by atoms with van der Waals surface area (Å²) in [6.07, 6.45) is 5.80. The van der Waals surface area contributed by atoms with E-state index in [9.17, 15) is 4.79 Å². The fourth-order valence-electron chi connectivity index (χ4n) is 1.86. The molecule has 0 N–H and O–H groups in total. The van der Waals surface area contributed by atoms with E-state index >= 15 is 0 Å². The predicted octanol–water partition coefficient (Wildman–Crippen LogP) is 2.65. The maximum absolute atomic E-state index is 11.1. The number of aromatic nitrogens is 3. The standard InChI is InChI=1S/C14H11N3O2/c1-10-2-3-13(19-10)14-11(9-18)8-17(16-14)12-4-6-15-7-5-12/h2-9H,1H3. The number of pyridine rings is 1. The number of aldehydes is 1. The van der Waals surface area contributed by atoms with Crippen LogP contribution in [0.15, 0.2) is 47.3 Å². The molecule has 0 saturated heterocycles. The molecule has 94 valence electrons. The lowest BCUT2D eigenvalue weighted by Gasteiger charge is -1.98. The first-order valence-corrected chi connectivity index (χ1v) is 5.80. The Morgan fingerprint density at radius 3 is 2.63 bits per heavy atom. The molecule has 0 aliphatic carbocycles. The van der Waals surface area contributed by atoms with Gasteiger partial charge in [0.25, 0.3) is 0 Å². The van der Waals surface area contributed by atoms with E-state index in [1.807, 2.05) is 31.2 Å². The Labute approximate surface area is 109 Å². The number of carbonyl (C=O) groups is 1. The molecule has 5 heteroatoms. The summed E-state index contributed by atoms with van der Waals surface area (Å²) in [5.41, 5.74) is 1.87. The minimum absolute atomic E-state index is 0.492. The van der Waals surface area contributed by atoms with Gasteiger partial charge in [-0.2, -0.15) is 5.10 Å². The Morgan fingerprint density at radius 1 is 1.21 bits per heavy atom. The van der Waals surface area contributed by atoms with Crippen molar-refractivity contribution in [2.24, 2.45) is 0 Å². The van der Waals surface area contributed by atoms with Crippen LogP contribution in [0.25, 0.3) is 17.1 Å². The van der Waals surface area contributed by atoms with Crippen LogP contribution in [0, 0.1) is 6.92 Å². The molecule has 3 heterocycles. The molecule has 3 aromatic heterocycles. The van der Waals surface area contributed by atoms with Crippen molar-refractivity contribution >= 4 is 6.29 Å². The minimum Gasteiger partial charge on any atom is -0.460 e. The SMILES string of the molecule is Cc1ccc(-c2nn(-c3ccncc3)cc2C=O)o1. The van der Waals surface area contributed by atoms with Crippen LogP contribution in [0.4, 0.5) is 0 Å². The molecule has 0 fully saturated rings. The van der Waals surface area contributed by atoms with Crippen LogP contribution >= 0.6 is 0 Å². The Morgan fingerprint density at radius 2 is 2.00 bits per heavy atom. The fraction of sp³-hybridized carbons (Fsp3) is 0.0714. The summed E-state index contributed by atoms with van der Waals surface area (Å²) in [7, 11) is 0. The highest BCUT2D eigenvalue weighted by atomic mass is 16.3. The predicted molar refractivity (Wildman–Crippen MR) is 69.2 cm³/mol. The summed E-state index contributed by atoms with van der Waals surface area (Å²) in [4.78, 5) is 15.1. The van der Waals surface area contributed by atoms with Crippen LogP contribution in [0.5, 0.6) is 0 Å². The molecule has 0 spiro atoms. The third kappa shape index (κ3) is 2.06. The molecule has 0 unspecified atom stereocenters. The van der Waals surface area contributed by atoms with E-state index in [4.69, 9.17) is 4.42 Å². The number of hydrogen-bond donors (Lipinski definition) is 0. The Bertz CT molecular complexity index is 713. The molecule has 0 radical (unpaired) electrons. The zero-order chi connectivity index (χ0) is 13.2. The van der Waals surface area contributed by atoms with E-state index in [1.165, 1.54) is 0 Å². The first-order valence-electron chi connectivity index (χ1n) is 5.80. The maximum atomic E-state index is 11.1. The van der Waals surface area contributed by atoms with E-state index < -0.39 is 0 Å². The van der Waals surface area contributed by atoms with Crippen molar-refractivity contribution in [3.8, 4) is 17.1 Å². The van der Waals surface area contributed by atoms with Gasteiger partial charge >= 0.3 is 0 Å². The normalized spacial score (nSPS) is 10.6. The molecule has 0 saturated carbocycles. The van der Waals surface area contributed by atoms with Crippen LogP contribution in [-0.4, -0.2) is 21.1 Å². The van der Waals surface area contributed by atoms with Gasteiger partial charge in [0.15, 0.2) is 12.0 Å². The Balaban J connectivity index is 2.11. The molecule has 0 aromatic carbocycles. The molecule has 0 amide bonds. The van der Waals surface area contributed by atoms with Crippen LogP contribution in [0.1, 0.15) is 16.1 Å². The van der Waals surface area contributed by atoms with Gasteiger partial charge in [0.2, 0.25) is 0 Å². The monoisotopic (exact) mass is 253 g/mol. The molecule has 0 aliphatic heterocycles. The molecular formula is C14H11N3O2. The molecule has 0 bridgehead atoms. The molecule has 0 atom stereocenters. The van der Waals surface area contributed by atoms with Crippen molar-refractivity contribution in [1.82, 2.24) is 14.8 Å². The van der Waals surface area contributed by atoms with Crippen LogP contribution in [0.3, 0.4) is 0 Å². The highest BCUT2D eigenvalue weighted by Crippen LogP contribution is 2.24. The summed E-state index contributed by atoms with van der Waals surface area (Å²) in [5.74, 6) is 1.37. The molecule has 3 rings (SSSR count). The lowest BCUT2D eigenvalue weighted by atomic mass is 10.2. The van der Waals surface area contributed by atoms with Crippen molar-refractivity contribution in [1.29, 1.82) is 0 Å². The van der Waals surface area contributed by atoms with Crippen molar-refractivity contribution in [2.45, 2.75) is 6.92 Å². The summed E-state index contributed by atoms with van der Waals surface area (Å²) in [5, 5.41) is 4.40. The average molecular weight is 253 g/mol. The van der Waals surface area contributed by atoms with Crippen LogP contribution in [0.2, 0.25) is 0 Å². The third-order valence-electron chi connectivity index (χ3n) is 2.77. The van der Waals surface area contributed by atoms with Gasteiger partial charge in [-0.3, -0.25) is 9.78 Å². The van der Waals surface area contributed by atoms with E-state index in [0.717, 1.165) is 17.7 Å². The number of carbonyl (C=O) groups excluding carboxylic acids is 1. The summed E-state index contributed by atoms with van der Waals surface area (Å²) in [6, 6.07) is 7.29. The topological polar surface area (TPSA) is 60.9 Å². The van der Waals surface area contributed by atoms with Gasteiger partial charge < -0.3 is 4.42 Å².